The molecular formula is C20H38O4Si. The maximum absolute atomic E-state index is 12.0. The van der Waals surface area contributed by atoms with Crippen LogP contribution in [0.2, 0.25) is 18.1 Å². The lowest BCUT2D eigenvalue weighted by Crippen LogP contribution is -2.40. The summed E-state index contributed by atoms with van der Waals surface area (Å²) in [6, 6.07) is 0. The molecule has 0 N–H and O–H groups in total. The van der Waals surface area contributed by atoms with Crippen LogP contribution >= 0.6 is 0 Å². The van der Waals surface area contributed by atoms with Gasteiger partial charge in [0.2, 0.25) is 0 Å². The highest BCUT2D eigenvalue weighted by Crippen LogP contribution is 2.36. The summed E-state index contributed by atoms with van der Waals surface area (Å²) in [5.74, 6) is 0.966. The molecule has 2 atom stereocenters. The minimum absolute atomic E-state index is 0.000400. The van der Waals surface area contributed by atoms with E-state index in [0.29, 0.717) is 13.0 Å². The molecule has 0 saturated carbocycles. The Morgan fingerprint density at radius 1 is 1.28 bits per heavy atom. The number of hydrogen-bond acceptors (Lipinski definition) is 4. The largest absolute Gasteiger partial charge is 0.491 e. The highest BCUT2D eigenvalue weighted by Gasteiger charge is 2.36. The molecule has 25 heavy (non-hydrogen) atoms. The first-order valence-corrected chi connectivity index (χ1v) is 12.7. The van der Waals surface area contributed by atoms with Gasteiger partial charge in [-0.3, -0.25) is 4.79 Å². The average Bonchev–Trinajstić information content (AvgIpc) is 2.50. The van der Waals surface area contributed by atoms with Crippen LogP contribution in [0.5, 0.6) is 0 Å². The van der Waals surface area contributed by atoms with Crippen molar-refractivity contribution in [1.82, 2.24) is 0 Å². The topological polar surface area (TPSA) is 44.8 Å². The van der Waals surface area contributed by atoms with E-state index in [1.165, 1.54) is 0 Å². The molecule has 4 nitrogen and oxygen atoms in total. The van der Waals surface area contributed by atoms with Crippen molar-refractivity contribution in [2.45, 2.75) is 97.1 Å². The first kappa shape index (κ1) is 22.4. The third-order valence-corrected chi connectivity index (χ3v) is 9.85. The van der Waals surface area contributed by atoms with E-state index in [-0.39, 0.29) is 23.0 Å². The second-order valence-corrected chi connectivity index (χ2v) is 13.2. The molecule has 1 aliphatic heterocycles. The van der Waals surface area contributed by atoms with Gasteiger partial charge in [-0.25, -0.2) is 0 Å². The molecular weight excluding hydrogens is 332 g/mol. The Hall–Kier alpha value is -0.653. The van der Waals surface area contributed by atoms with Gasteiger partial charge in [-0.05, 0) is 44.3 Å². The maximum Gasteiger partial charge on any atom is 0.191 e. The van der Waals surface area contributed by atoms with Gasteiger partial charge in [-0.1, -0.05) is 27.7 Å². The van der Waals surface area contributed by atoms with Gasteiger partial charge in [0.1, 0.15) is 11.9 Å². The molecule has 1 heterocycles. The van der Waals surface area contributed by atoms with Crippen molar-refractivity contribution in [2.24, 2.45) is 0 Å². The van der Waals surface area contributed by atoms with Crippen molar-refractivity contribution in [2.75, 3.05) is 13.2 Å². The number of rotatable bonds is 10. The summed E-state index contributed by atoms with van der Waals surface area (Å²) in [6.07, 6.45) is 5.59. The number of unbranched alkanes of at least 4 members (excludes halogenated alkanes) is 1. The Labute approximate surface area is 155 Å². The summed E-state index contributed by atoms with van der Waals surface area (Å²) < 4.78 is 18.0. The molecule has 0 bridgehead atoms. The van der Waals surface area contributed by atoms with Crippen LogP contribution in [0.15, 0.2) is 11.8 Å². The SMILES string of the molecule is CCOC(CC)C1CC(=O)C=C(CCCCO[Si](C)(C)C(C)(C)C)O1. The Bertz CT molecular complexity index is 451. The number of hydrogen-bond donors (Lipinski definition) is 0. The van der Waals surface area contributed by atoms with Crippen molar-refractivity contribution in [3.05, 3.63) is 11.8 Å². The molecule has 0 radical (unpaired) electrons. The van der Waals surface area contributed by atoms with E-state index in [0.717, 1.165) is 38.0 Å². The fourth-order valence-electron chi connectivity index (χ4n) is 2.69. The fraction of sp³-hybridized carbons (Fsp3) is 0.850. The third-order valence-electron chi connectivity index (χ3n) is 5.31. The van der Waals surface area contributed by atoms with Crippen molar-refractivity contribution in [1.29, 1.82) is 0 Å². The molecule has 146 valence electrons. The Morgan fingerprint density at radius 2 is 1.96 bits per heavy atom. The first-order valence-electron chi connectivity index (χ1n) is 9.76. The van der Waals surface area contributed by atoms with Gasteiger partial charge in [0, 0.05) is 25.7 Å². The highest BCUT2D eigenvalue weighted by molar-refractivity contribution is 6.74. The predicted molar refractivity (Wildman–Crippen MR) is 105 cm³/mol. The lowest BCUT2D eigenvalue weighted by molar-refractivity contribution is -0.124. The molecule has 0 saturated heterocycles. The van der Waals surface area contributed by atoms with E-state index >= 15 is 0 Å². The molecule has 0 aromatic heterocycles. The molecule has 2 unspecified atom stereocenters. The molecule has 0 amide bonds. The normalized spacial score (nSPS) is 20.2. The molecule has 0 spiro atoms. The van der Waals surface area contributed by atoms with Gasteiger partial charge in [0.15, 0.2) is 14.1 Å². The maximum atomic E-state index is 12.0. The van der Waals surface area contributed by atoms with Crippen LogP contribution < -0.4 is 0 Å². The number of ketones is 1. The van der Waals surface area contributed by atoms with Crippen molar-refractivity contribution in [3.8, 4) is 0 Å². The monoisotopic (exact) mass is 370 g/mol. The van der Waals surface area contributed by atoms with Gasteiger partial charge in [-0.15, -0.1) is 0 Å². The zero-order valence-electron chi connectivity index (χ0n) is 17.3. The van der Waals surface area contributed by atoms with Crippen LogP contribution in [0.3, 0.4) is 0 Å². The zero-order chi connectivity index (χ0) is 19.1. The van der Waals surface area contributed by atoms with E-state index in [9.17, 15) is 4.79 Å². The van der Waals surface area contributed by atoms with Crippen molar-refractivity contribution in [3.63, 3.8) is 0 Å². The van der Waals surface area contributed by atoms with E-state index < -0.39 is 8.32 Å². The minimum atomic E-state index is -1.66. The lowest BCUT2D eigenvalue weighted by Gasteiger charge is -2.36. The van der Waals surface area contributed by atoms with Crippen LogP contribution in [0.25, 0.3) is 0 Å². The Kier molecular flexibility index (Phi) is 8.85. The van der Waals surface area contributed by atoms with E-state index in [2.05, 4.69) is 40.8 Å². The second-order valence-electron chi connectivity index (χ2n) is 8.41. The standard InChI is InChI=1S/C20H38O4Si/c1-8-18(22-9-2)19-15-16(21)14-17(24-19)12-10-11-13-23-25(6,7)20(3,4)5/h14,18-19H,8-13,15H2,1-7H3. The summed E-state index contributed by atoms with van der Waals surface area (Å²) in [7, 11) is -1.66. The van der Waals surface area contributed by atoms with Gasteiger partial charge in [0.25, 0.3) is 0 Å². The third kappa shape index (κ3) is 7.23. The summed E-state index contributed by atoms with van der Waals surface area (Å²) >= 11 is 0. The van der Waals surface area contributed by atoms with Gasteiger partial charge < -0.3 is 13.9 Å². The van der Waals surface area contributed by atoms with Crippen LogP contribution in [0.4, 0.5) is 0 Å². The van der Waals surface area contributed by atoms with Gasteiger partial charge in [-0.2, -0.15) is 0 Å². The van der Waals surface area contributed by atoms with Crippen molar-refractivity contribution < 1.29 is 18.7 Å². The van der Waals surface area contributed by atoms with Crippen LogP contribution in [-0.4, -0.2) is 39.5 Å². The lowest BCUT2D eigenvalue weighted by atomic mass is 10.0. The van der Waals surface area contributed by atoms with E-state index in [4.69, 9.17) is 13.9 Å². The highest BCUT2D eigenvalue weighted by atomic mass is 28.4. The average molecular weight is 371 g/mol. The molecule has 0 fully saturated rings. The van der Waals surface area contributed by atoms with E-state index in [1.807, 2.05) is 6.92 Å². The number of ether oxygens (including phenoxy) is 2. The summed E-state index contributed by atoms with van der Waals surface area (Å²) in [5, 5.41) is 0.246. The molecule has 0 aliphatic carbocycles. The number of carbonyl (C=O) groups is 1. The molecule has 0 aromatic carbocycles. The fourth-order valence-corrected chi connectivity index (χ4v) is 3.78. The molecule has 1 rings (SSSR count). The van der Waals surface area contributed by atoms with Gasteiger partial charge >= 0.3 is 0 Å². The minimum Gasteiger partial charge on any atom is -0.491 e. The van der Waals surface area contributed by atoms with Crippen LogP contribution in [-0.2, 0) is 18.7 Å². The smallest absolute Gasteiger partial charge is 0.191 e. The second kappa shape index (κ2) is 9.88. The van der Waals surface area contributed by atoms with Crippen molar-refractivity contribution >= 4 is 14.1 Å². The van der Waals surface area contributed by atoms with Crippen LogP contribution in [0, 0.1) is 0 Å². The Morgan fingerprint density at radius 3 is 2.52 bits per heavy atom. The van der Waals surface area contributed by atoms with Gasteiger partial charge in [0.05, 0.1) is 12.5 Å². The first-order chi connectivity index (χ1) is 11.6. The zero-order valence-corrected chi connectivity index (χ0v) is 18.3. The number of allylic oxidation sites excluding steroid dienone is 2. The van der Waals surface area contributed by atoms with E-state index in [1.54, 1.807) is 6.08 Å². The summed E-state index contributed by atoms with van der Waals surface area (Å²) in [6.45, 7) is 16.8. The predicted octanol–water partition coefficient (Wildman–Crippen LogP) is 5.24. The van der Waals surface area contributed by atoms with Crippen LogP contribution in [0.1, 0.15) is 66.7 Å². The quantitative estimate of drug-likeness (QED) is 0.390. The Balaban J connectivity index is 2.40. The number of carbonyl (C=O) groups excluding carboxylic acids is 1. The summed E-state index contributed by atoms with van der Waals surface area (Å²) in [4.78, 5) is 12.0. The molecule has 1 aliphatic rings. The summed E-state index contributed by atoms with van der Waals surface area (Å²) in [5.41, 5.74) is 0. The molecule has 5 heteroatoms. The molecule has 0 aromatic rings.